The van der Waals surface area contributed by atoms with E-state index < -0.39 is 40.8 Å². The van der Waals surface area contributed by atoms with Gasteiger partial charge in [0.05, 0.1) is 11.4 Å². The Morgan fingerprint density at radius 1 is 0.955 bits per heavy atom. The minimum Gasteiger partial charge on any atom is -0.550 e. The van der Waals surface area contributed by atoms with Gasteiger partial charge in [-0.15, -0.1) is 0 Å². The fraction of sp³-hybridized carbons (Fsp3) is 0.250. The van der Waals surface area contributed by atoms with Crippen LogP contribution in [0.25, 0.3) is 0 Å². The molecule has 120 valence electrons. The van der Waals surface area contributed by atoms with Crippen molar-refractivity contribution in [2.24, 2.45) is 0 Å². The molecule has 0 aliphatic carbocycles. The molecule has 1 aromatic carbocycles. The van der Waals surface area contributed by atoms with Crippen molar-refractivity contribution in [1.82, 2.24) is 15.6 Å². The van der Waals surface area contributed by atoms with Crippen molar-refractivity contribution in [3.63, 3.8) is 0 Å². The highest BCUT2D eigenvalue weighted by atomic mass is 32.2. The van der Waals surface area contributed by atoms with E-state index in [9.17, 15) is 27.9 Å². The standard InChI is InChI=1S/C12H15N3O6S/c16-10(6-7-12(18)19)14-15-11(17)8-13-22(20,21)9-4-2-1-3-5-9/h1-5,13H,6-8H2,(H,14,16)(H,15,17)(H,18,19)/p-1. The van der Waals surface area contributed by atoms with Crippen LogP contribution in [0.1, 0.15) is 12.8 Å². The van der Waals surface area contributed by atoms with E-state index in [-0.39, 0.29) is 11.3 Å². The molecule has 10 heteroatoms. The normalized spacial score (nSPS) is 10.7. The number of rotatable bonds is 7. The second kappa shape index (κ2) is 8.10. The van der Waals surface area contributed by atoms with Crippen molar-refractivity contribution in [1.29, 1.82) is 0 Å². The number of aliphatic carboxylic acids is 1. The number of benzene rings is 1. The molecule has 0 atom stereocenters. The van der Waals surface area contributed by atoms with Crippen molar-refractivity contribution in [3.8, 4) is 0 Å². The zero-order valence-corrected chi connectivity index (χ0v) is 12.2. The second-order valence-electron chi connectivity index (χ2n) is 4.11. The quantitative estimate of drug-likeness (QED) is 0.478. The lowest BCUT2D eigenvalue weighted by Gasteiger charge is -2.09. The van der Waals surface area contributed by atoms with Gasteiger partial charge in [0.1, 0.15) is 0 Å². The lowest BCUT2D eigenvalue weighted by Crippen LogP contribution is -2.46. The van der Waals surface area contributed by atoms with Gasteiger partial charge in [-0.2, -0.15) is 0 Å². The first-order valence-corrected chi connectivity index (χ1v) is 7.62. The molecule has 0 saturated heterocycles. The van der Waals surface area contributed by atoms with Crippen LogP contribution in [0.5, 0.6) is 0 Å². The predicted molar refractivity (Wildman–Crippen MR) is 72.2 cm³/mol. The molecule has 0 aliphatic heterocycles. The molecule has 0 aliphatic rings. The number of hydrogen-bond acceptors (Lipinski definition) is 6. The van der Waals surface area contributed by atoms with Gasteiger partial charge in [0, 0.05) is 12.4 Å². The molecule has 3 N–H and O–H groups in total. The number of carbonyl (C=O) groups excluding carboxylic acids is 3. The molecule has 0 spiro atoms. The minimum atomic E-state index is -3.82. The maximum Gasteiger partial charge on any atom is 0.253 e. The van der Waals surface area contributed by atoms with Crippen LogP contribution >= 0.6 is 0 Å². The third-order valence-electron chi connectivity index (χ3n) is 2.37. The molecular formula is C12H14N3O6S-. The third kappa shape index (κ3) is 6.33. The molecule has 2 amide bonds. The Kier molecular flexibility index (Phi) is 6.47. The molecule has 0 radical (unpaired) electrons. The van der Waals surface area contributed by atoms with Crippen LogP contribution in [0.15, 0.2) is 35.2 Å². The van der Waals surface area contributed by atoms with Crippen LogP contribution in [0.3, 0.4) is 0 Å². The van der Waals surface area contributed by atoms with E-state index in [1.807, 2.05) is 10.9 Å². The van der Waals surface area contributed by atoms with Gasteiger partial charge in [-0.25, -0.2) is 13.1 Å². The Morgan fingerprint density at radius 3 is 2.14 bits per heavy atom. The fourth-order valence-corrected chi connectivity index (χ4v) is 2.31. The number of carboxylic acid groups (broad SMARTS) is 1. The zero-order valence-electron chi connectivity index (χ0n) is 11.4. The van der Waals surface area contributed by atoms with Crippen molar-refractivity contribution in [2.45, 2.75) is 17.7 Å². The van der Waals surface area contributed by atoms with Gasteiger partial charge in [0.15, 0.2) is 0 Å². The molecule has 9 nitrogen and oxygen atoms in total. The Morgan fingerprint density at radius 2 is 1.55 bits per heavy atom. The van der Waals surface area contributed by atoms with E-state index in [0.29, 0.717) is 0 Å². The Hall–Kier alpha value is -2.46. The van der Waals surface area contributed by atoms with E-state index in [2.05, 4.69) is 4.72 Å². The number of sulfonamides is 1. The van der Waals surface area contributed by atoms with E-state index in [1.165, 1.54) is 24.3 Å². The van der Waals surface area contributed by atoms with Crippen LogP contribution in [0, 0.1) is 0 Å². The highest BCUT2D eigenvalue weighted by Gasteiger charge is 2.15. The monoisotopic (exact) mass is 328 g/mol. The molecular weight excluding hydrogens is 314 g/mol. The molecule has 0 bridgehead atoms. The number of amides is 2. The second-order valence-corrected chi connectivity index (χ2v) is 5.87. The summed E-state index contributed by atoms with van der Waals surface area (Å²) in [6.45, 7) is -0.585. The fourth-order valence-electron chi connectivity index (χ4n) is 1.31. The van der Waals surface area contributed by atoms with Crippen LogP contribution < -0.4 is 20.7 Å². The first-order chi connectivity index (χ1) is 10.3. The van der Waals surface area contributed by atoms with E-state index in [4.69, 9.17) is 0 Å². The average Bonchev–Trinajstić information content (AvgIpc) is 2.49. The first kappa shape index (κ1) is 17.6. The number of hydrogen-bond donors (Lipinski definition) is 3. The van der Waals surface area contributed by atoms with Gasteiger partial charge in [-0.1, -0.05) is 18.2 Å². The average molecular weight is 328 g/mol. The van der Waals surface area contributed by atoms with Gasteiger partial charge in [-0.3, -0.25) is 20.4 Å². The lowest BCUT2D eigenvalue weighted by atomic mass is 10.3. The number of carboxylic acids is 1. The summed E-state index contributed by atoms with van der Waals surface area (Å²) < 4.78 is 25.7. The maximum atomic E-state index is 11.8. The molecule has 1 rings (SSSR count). The maximum absolute atomic E-state index is 11.8. The minimum absolute atomic E-state index is 0.000735. The van der Waals surface area contributed by atoms with E-state index in [0.717, 1.165) is 0 Å². The van der Waals surface area contributed by atoms with Gasteiger partial charge in [-0.05, 0) is 18.6 Å². The highest BCUT2D eigenvalue weighted by molar-refractivity contribution is 7.89. The van der Waals surface area contributed by atoms with Crippen LogP contribution in [0.4, 0.5) is 0 Å². The largest absolute Gasteiger partial charge is 0.550 e. The lowest BCUT2D eigenvalue weighted by molar-refractivity contribution is -0.305. The summed E-state index contributed by atoms with van der Waals surface area (Å²) in [5.41, 5.74) is 3.90. The summed E-state index contributed by atoms with van der Waals surface area (Å²) in [6.07, 6.45) is -0.847. The van der Waals surface area contributed by atoms with Gasteiger partial charge in [0.25, 0.3) is 5.91 Å². The number of nitrogens with one attached hydrogen (secondary N) is 3. The summed E-state index contributed by atoms with van der Waals surface area (Å²) >= 11 is 0. The van der Waals surface area contributed by atoms with Crippen molar-refractivity contribution >= 4 is 27.8 Å². The molecule has 0 saturated carbocycles. The molecule has 0 unspecified atom stereocenters. The summed E-state index contributed by atoms with van der Waals surface area (Å²) in [4.78, 5) is 32.6. The van der Waals surface area contributed by atoms with Crippen molar-refractivity contribution in [3.05, 3.63) is 30.3 Å². The van der Waals surface area contributed by atoms with Gasteiger partial charge < -0.3 is 9.90 Å². The summed E-state index contributed by atoms with van der Waals surface area (Å²) in [5.74, 6) is -2.93. The predicted octanol–water partition coefficient (Wildman–Crippen LogP) is -2.36. The van der Waals surface area contributed by atoms with E-state index >= 15 is 0 Å². The Balaban J connectivity index is 2.37. The summed E-state index contributed by atoms with van der Waals surface area (Å²) in [6, 6.07) is 7.44. The summed E-state index contributed by atoms with van der Waals surface area (Å²) in [5, 5.41) is 10.1. The molecule has 22 heavy (non-hydrogen) atoms. The third-order valence-corrected chi connectivity index (χ3v) is 3.79. The SMILES string of the molecule is O=C([O-])CCC(=O)NNC(=O)CNS(=O)(=O)c1ccccc1. The zero-order chi connectivity index (χ0) is 16.6. The smallest absolute Gasteiger partial charge is 0.253 e. The van der Waals surface area contributed by atoms with Gasteiger partial charge >= 0.3 is 0 Å². The van der Waals surface area contributed by atoms with Gasteiger partial charge in [0.2, 0.25) is 15.9 Å². The number of hydrazine groups is 1. The topological polar surface area (TPSA) is 144 Å². The molecule has 0 heterocycles. The molecule has 0 aromatic heterocycles. The highest BCUT2D eigenvalue weighted by Crippen LogP contribution is 2.06. The Labute approximate surface area is 126 Å². The molecule has 0 fully saturated rings. The Bertz CT molecular complexity index is 644. The first-order valence-electron chi connectivity index (χ1n) is 6.13. The van der Waals surface area contributed by atoms with Crippen molar-refractivity contribution in [2.75, 3.05) is 6.54 Å². The van der Waals surface area contributed by atoms with Crippen LogP contribution in [-0.2, 0) is 24.4 Å². The molecule has 1 aromatic rings. The van der Waals surface area contributed by atoms with Crippen LogP contribution in [-0.4, -0.2) is 32.7 Å². The number of carbonyl (C=O) groups is 3. The summed E-state index contributed by atoms with van der Waals surface area (Å²) in [7, 11) is -3.82. The van der Waals surface area contributed by atoms with Crippen LogP contribution in [0.2, 0.25) is 0 Å². The van der Waals surface area contributed by atoms with Crippen molar-refractivity contribution < 1.29 is 27.9 Å². The van der Waals surface area contributed by atoms with E-state index in [1.54, 1.807) is 6.07 Å².